The van der Waals surface area contributed by atoms with Crippen molar-refractivity contribution >= 4 is 28.9 Å². The second-order valence-electron chi connectivity index (χ2n) is 7.66. The molecule has 0 radical (unpaired) electrons. The van der Waals surface area contributed by atoms with Crippen molar-refractivity contribution in [3.63, 3.8) is 0 Å². The van der Waals surface area contributed by atoms with E-state index in [0.29, 0.717) is 23.4 Å². The molecular weight excluding hydrogens is 438 g/mol. The van der Waals surface area contributed by atoms with Gasteiger partial charge in [-0.1, -0.05) is 25.1 Å². The predicted molar refractivity (Wildman–Crippen MR) is 123 cm³/mol. The van der Waals surface area contributed by atoms with Crippen LogP contribution in [0.2, 0.25) is 0 Å². The fourth-order valence-electron chi connectivity index (χ4n) is 4.03. The molecule has 1 aliphatic rings. The van der Waals surface area contributed by atoms with Crippen molar-refractivity contribution < 1.29 is 28.3 Å². The number of carbonyl (C=O) groups excluding carboxylic acids is 3. The molecule has 1 unspecified atom stereocenters. The number of amides is 2. The van der Waals surface area contributed by atoms with Gasteiger partial charge in [0.25, 0.3) is 0 Å². The number of nitrogens with one attached hydrogen (secondary N) is 2. The molecule has 34 heavy (non-hydrogen) atoms. The molecule has 2 amide bonds. The number of urea groups is 1. The Morgan fingerprint density at radius 3 is 2.59 bits per heavy atom. The number of benzene rings is 1. The van der Waals surface area contributed by atoms with Crippen molar-refractivity contribution in [1.29, 1.82) is 0 Å². The SMILES string of the molecule is CCOC(=O)C1=C(COC(=O)c2c(CC)nc3ccccc3c2C)NC(=O)NC1c1ccco1. The van der Waals surface area contributed by atoms with Crippen molar-refractivity contribution in [3.8, 4) is 0 Å². The quantitative estimate of drug-likeness (QED) is 0.512. The van der Waals surface area contributed by atoms with Gasteiger partial charge in [-0.3, -0.25) is 4.98 Å². The van der Waals surface area contributed by atoms with Gasteiger partial charge in [0.1, 0.15) is 18.4 Å². The summed E-state index contributed by atoms with van der Waals surface area (Å²) in [5.41, 5.74) is 2.78. The third-order valence-corrected chi connectivity index (χ3v) is 5.59. The summed E-state index contributed by atoms with van der Waals surface area (Å²) < 4.78 is 16.2. The normalized spacial score (nSPS) is 15.6. The van der Waals surface area contributed by atoms with Crippen molar-refractivity contribution in [3.05, 3.63) is 76.5 Å². The van der Waals surface area contributed by atoms with Gasteiger partial charge in [0, 0.05) is 5.39 Å². The molecule has 0 spiro atoms. The van der Waals surface area contributed by atoms with E-state index >= 15 is 0 Å². The number of nitrogens with zero attached hydrogens (tertiary/aromatic N) is 1. The lowest BCUT2D eigenvalue weighted by Crippen LogP contribution is -2.47. The third kappa shape index (κ3) is 4.36. The number of aromatic nitrogens is 1. The molecule has 9 nitrogen and oxygen atoms in total. The fourth-order valence-corrected chi connectivity index (χ4v) is 4.03. The lowest BCUT2D eigenvalue weighted by molar-refractivity contribution is -0.139. The van der Waals surface area contributed by atoms with Gasteiger partial charge in [0.2, 0.25) is 0 Å². The van der Waals surface area contributed by atoms with Gasteiger partial charge < -0.3 is 24.5 Å². The number of furan rings is 1. The van der Waals surface area contributed by atoms with Gasteiger partial charge >= 0.3 is 18.0 Å². The Morgan fingerprint density at radius 1 is 1.09 bits per heavy atom. The zero-order chi connectivity index (χ0) is 24.2. The number of fused-ring (bicyclic) bond motifs is 1. The van der Waals surface area contributed by atoms with Crippen molar-refractivity contribution in [2.24, 2.45) is 0 Å². The number of ether oxygens (including phenoxy) is 2. The first-order valence-corrected chi connectivity index (χ1v) is 11.0. The van der Waals surface area contributed by atoms with Crippen LogP contribution in [0.25, 0.3) is 10.9 Å². The van der Waals surface area contributed by atoms with Crippen LogP contribution in [-0.4, -0.2) is 36.2 Å². The topological polar surface area (TPSA) is 120 Å². The van der Waals surface area contributed by atoms with Crippen LogP contribution in [0.4, 0.5) is 4.79 Å². The van der Waals surface area contributed by atoms with Gasteiger partial charge in [-0.2, -0.15) is 0 Å². The molecule has 0 bridgehead atoms. The summed E-state index contributed by atoms with van der Waals surface area (Å²) in [6.45, 7) is 5.23. The number of rotatable bonds is 7. The smallest absolute Gasteiger partial charge is 0.340 e. The fraction of sp³-hybridized carbons (Fsp3) is 0.280. The van der Waals surface area contributed by atoms with Crippen LogP contribution >= 0.6 is 0 Å². The number of para-hydroxylation sites is 1. The Kier molecular flexibility index (Phi) is 6.62. The van der Waals surface area contributed by atoms with E-state index in [2.05, 4.69) is 15.6 Å². The number of pyridine rings is 1. The van der Waals surface area contributed by atoms with E-state index < -0.39 is 24.0 Å². The summed E-state index contributed by atoms with van der Waals surface area (Å²) in [5, 5.41) is 6.08. The van der Waals surface area contributed by atoms with Crippen LogP contribution in [0, 0.1) is 6.92 Å². The lowest BCUT2D eigenvalue weighted by atomic mass is 10.00. The molecule has 2 N–H and O–H groups in total. The van der Waals surface area contributed by atoms with E-state index in [-0.39, 0.29) is 24.5 Å². The number of hydrogen-bond acceptors (Lipinski definition) is 7. The minimum atomic E-state index is -0.883. The number of hydrogen-bond donors (Lipinski definition) is 2. The molecular formula is C25H25N3O6. The van der Waals surface area contributed by atoms with Crippen LogP contribution < -0.4 is 10.6 Å². The maximum absolute atomic E-state index is 13.2. The van der Waals surface area contributed by atoms with Gasteiger partial charge in [-0.15, -0.1) is 0 Å². The first-order valence-electron chi connectivity index (χ1n) is 11.0. The van der Waals surface area contributed by atoms with Crippen LogP contribution in [0.5, 0.6) is 0 Å². The largest absolute Gasteiger partial charge is 0.467 e. The average molecular weight is 463 g/mol. The van der Waals surface area contributed by atoms with E-state index in [0.717, 1.165) is 16.5 Å². The summed E-state index contributed by atoms with van der Waals surface area (Å²) >= 11 is 0. The number of carbonyl (C=O) groups is 3. The maximum Gasteiger partial charge on any atom is 0.340 e. The van der Waals surface area contributed by atoms with Crippen LogP contribution in [-0.2, 0) is 20.7 Å². The van der Waals surface area contributed by atoms with E-state index in [1.54, 1.807) is 19.1 Å². The van der Waals surface area contributed by atoms with E-state index in [4.69, 9.17) is 13.9 Å². The zero-order valence-electron chi connectivity index (χ0n) is 19.1. The summed E-state index contributed by atoms with van der Waals surface area (Å²) in [5.74, 6) is -0.893. The third-order valence-electron chi connectivity index (χ3n) is 5.59. The van der Waals surface area contributed by atoms with Gasteiger partial charge in [-0.05, 0) is 44.0 Å². The van der Waals surface area contributed by atoms with E-state index in [1.165, 1.54) is 6.26 Å². The lowest BCUT2D eigenvalue weighted by Gasteiger charge is -2.27. The van der Waals surface area contributed by atoms with Crippen molar-refractivity contribution in [2.75, 3.05) is 13.2 Å². The molecule has 2 aromatic heterocycles. The molecule has 1 atom stereocenters. The second-order valence-corrected chi connectivity index (χ2v) is 7.66. The molecule has 9 heteroatoms. The predicted octanol–water partition coefficient (Wildman–Crippen LogP) is 3.73. The van der Waals surface area contributed by atoms with E-state index in [1.807, 2.05) is 38.1 Å². The minimum Gasteiger partial charge on any atom is -0.467 e. The molecule has 3 heterocycles. The maximum atomic E-state index is 13.2. The number of aryl methyl sites for hydroxylation is 2. The second kappa shape index (κ2) is 9.78. The highest BCUT2D eigenvalue weighted by atomic mass is 16.5. The molecule has 1 aliphatic heterocycles. The Labute approximate surface area is 196 Å². The zero-order valence-corrected chi connectivity index (χ0v) is 19.1. The standard InChI is InChI=1S/C25H25N3O6/c1-4-16-20(14(3)15-9-6-7-10-17(15)26-16)23(29)34-13-18-21(24(30)32-5-2)22(28-25(31)27-18)19-11-8-12-33-19/h6-12,22H,4-5,13H2,1-3H3,(H2,27,28,31). The first kappa shape index (κ1) is 23.0. The van der Waals surface area contributed by atoms with E-state index in [9.17, 15) is 14.4 Å². The monoisotopic (exact) mass is 463 g/mol. The molecule has 0 aliphatic carbocycles. The molecule has 0 saturated carbocycles. The molecule has 4 rings (SSSR count). The van der Waals surface area contributed by atoms with Crippen LogP contribution in [0.15, 0.2) is 58.3 Å². The van der Waals surface area contributed by atoms with Crippen molar-refractivity contribution in [2.45, 2.75) is 33.2 Å². The first-order chi connectivity index (χ1) is 16.4. The Hall–Kier alpha value is -4.14. The van der Waals surface area contributed by atoms with Crippen LogP contribution in [0.1, 0.15) is 47.3 Å². The Bertz CT molecular complexity index is 1280. The molecule has 3 aromatic rings. The molecule has 176 valence electrons. The summed E-state index contributed by atoms with van der Waals surface area (Å²) in [6, 6.07) is 9.41. The summed E-state index contributed by atoms with van der Waals surface area (Å²) in [7, 11) is 0. The molecule has 0 fully saturated rings. The molecule has 1 aromatic carbocycles. The Balaban J connectivity index is 1.68. The van der Waals surface area contributed by atoms with Gasteiger partial charge in [0.05, 0.1) is 40.9 Å². The van der Waals surface area contributed by atoms with Crippen molar-refractivity contribution in [1.82, 2.24) is 15.6 Å². The summed E-state index contributed by atoms with van der Waals surface area (Å²) in [4.78, 5) is 42.9. The Morgan fingerprint density at radius 2 is 1.88 bits per heavy atom. The van der Waals surface area contributed by atoms with Gasteiger partial charge in [-0.25, -0.2) is 14.4 Å². The highest BCUT2D eigenvalue weighted by Gasteiger charge is 2.36. The summed E-state index contributed by atoms with van der Waals surface area (Å²) in [6.07, 6.45) is 1.97. The molecule has 0 saturated heterocycles. The van der Waals surface area contributed by atoms with Crippen LogP contribution in [0.3, 0.4) is 0 Å². The highest BCUT2D eigenvalue weighted by Crippen LogP contribution is 2.29. The number of esters is 2. The average Bonchev–Trinajstić information content (AvgIpc) is 3.37. The highest BCUT2D eigenvalue weighted by molar-refractivity contribution is 5.99. The van der Waals surface area contributed by atoms with Gasteiger partial charge in [0.15, 0.2) is 0 Å². The minimum absolute atomic E-state index is 0.105.